The summed E-state index contributed by atoms with van der Waals surface area (Å²) in [5, 5.41) is 7.44. The summed E-state index contributed by atoms with van der Waals surface area (Å²) in [7, 11) is 0. The highest BCUT2D eigenvalue weighted by Gasteiger charge is 2.24. The third-order valence-electron chi connectivity index (χ3n) is 4.17. The molecule has 1 aliphatic heterocycles. The van der Waals surface area contributed by atoms with Crippen LogP contribution in [0.2, 0.25) is 0 Å². The lowest BCUT2D eigenvalue weighted by Gasteiger charge is -2.32. The Kier molecular flexibility index (Phi) is 4.42. The maximum Gasteiger partial charge on any atom is 0.123 e. The summed E-state index contributed by atoms with van der Waals surface area (Å²) in [6.45, 7) is 5.58. The molecule has 1 atom stereocenters. The highest BCUT2D eigenvalue weighted by Crippen LogP contribution is 2.26. The van der Waals surface area contributed by atoms with E-state index >= 15 is 0 Å². The second-order valence-corrected chi connectivity index (χ2v) is 6.93. The monoisotopic (exact) mass is 340 g/mol. The van der Waals surface area contributed by atoms with E-state index in [1.807, 2.05) is 23.9 Å². The summed E-state index contributed by atoms with van der Waals surface area (Å²) in [6.07, 6.45) is 3.85. The number of morpholine rings is 1. The molecule has 1 aliphatic rings. The molecule has 0 radical (unpaired) electrons. The van der Waals surface area contributed by atoms with Gasteiger partial charge in [0.1, 0.15) is 11.1 Å². The minimum absolute atomic E-state index is 0.0980. The third-order valence-corrected chi connectivity index (χ3v) is 5.23. The number of ether oxygens (including phenoxy) is 1. The van der Waals surface area contributed by atoms with Crippen molar-refractivity contribution in [1.29, 1.82) is 0 Å². The summed E-state index contributed by atoms with van der Waals surface area (Å²) in [5.41, 5.74) is 3.47. The van der Waals surface area contributed by atoms with E-state index in [4.69, 9.17) is 4.74 Å². The molecule has 0 aliphatic carbocycles. The molecule has 2 aromatic heterocycles. The Morgan fingerprint density at radius 3 is 2.88 bits per heavy atom. The Morgan fingerprint density at radius 2 is 2.17 bits per heavy atom. The number of hydrogen-bond donors (Lipinski definition) is 0. The standard InChI is InChI=1S/C18H20N4OS/c1-14-13-24-18(20-14)17-12-21(9-10-23-17)11-15-3-5-16(6-4-15)22-8-2-7-19-22/h2-8,13,17H,9-12H2,1H3/t17-/m1/s1. The fourth-order valence-corrected chi connectivity index (χ4v) is 3.78. The van der Waals surface area contributed by atoms with Crippen LogP contribution >= 0.6 is 11.3 Å². The maximum atomic E-state index is 5.91. The van der Waals surface area contributed by atoms with Gasteiger partial charge in [-0.15, -0.1) is 11.3 Å². The number of aromatic nitrogens is 3. The summed E-state index contributed by atoms with van der Waals surface area (Å²) < 4.78 is 7.78. The van der Waals surface area contributed by atoms with E-state index in [1.165, 1.54) is 5.56 Å². The predicted octanol–water partition coefficient (Wildman–Crippen LogP) is 3.21. The predicted molar refractivity (Wildman–Crippen MR) is 94.4 cm³/mol. The average molecular weight is 340 g/mol. The second-order valence-electron chi connectivity index (χ2n) is 6.04. The van der Waals surface area contributed by atoms with E-state index < -0.39 is 0 Å². The molecule has 1 fully saturated rings. The van der Waals surface area contributed by atoms with E-state index in [9.17, 15) is 0 Å². The van der Waals surface area contributed by atoms with Crippen molar-refractivity contribution in [2.45, 2.75) is 19.6 Å². The Labute approximate surface area is 145 Å². The number of rotatable bonds is 4. The van der Waals surface area contributed by atoms with Crippen LogP contribution in [0.1, 0.15) is 22.4 Å². The van der Waals surface area contributed by atoms with E-state index in [2.05, 4.69) is 44.6 Å². The second kappa shape index (κ2) is 6.84. The molecule has 0 N–H and O–H groups in total. The highest BCUT2D eigenvalue weighted by molar-refractivity contribution is 7.09. The smallest absolute Gasteiger partial charge is 0.123 e. The zero-order valence-corrected chi connectivity index (χ0v) is 14.4. The molecule has 0 amide bonds. The molecule has 3 heterocycles. The molecule has 0 spiro atoms. The summed E-state index contributed by atoms with van der Waals surface area (Å²) in [4.78, 5) is 7.01. The number of nitrogens with zero attached hydrogens (tertiary/aromatic N) is 4. The largest absolute Gasteiger partial charge is 0.368 e. The summed E-state index contributed by atoms with van der Waals surface area (Å²) in [5.74, 6) is 0. The van der Waals surface area contributed by atoms with Crippen molar-refractivity contribution in [2.75, 3.05) is 19.7 Å². The lowest BCUT2D eigenvalue weighted by molar-refractivity contribution is -0.0330. The van der Waals surface area contributed by atoms with Crippen LogP contribution < -0.4 is 0 Å². The molecular formula is C18H20N4OS. The normalized spacial score (nSPS) is 18.8. The Bertz CT molecular complexity index is 782. The van der Waals surface area contributed by atoms with Gasteiger partial charge in [-0.3, -0.25) is 4.90 Å². The van der Waals surface area contributed by atoms with Crippen molar-refractivity contribution in [3.8, 4) is 5.69 Å². The van der Waals surface area contributed by atoms with Gasteiger partial charge in [-0.05, 0) is 30.7 Å². The first-order valence-corrected chi connectivity index (χ1v) is 9.01. The van der Waals surface area contributed by atoms with Crippen LogP contribution in [-0.2, 0) is 11.3 Å². The molecule has 3 aromatic rings. The van der Waals surface area contributed by atoms with Gasteiger partial charge in [-0.2, -0.15) is 5.10 Å². The summed E-state index contributed by atoms with van der Waals surface area (Å²) >= 11 is 1.69. The maximum absolute atomic E-state index is 5.91. The van der Waals surface area contributed by atoms with Gasteiger partial charge in [0.15, 0.2) is 0 Å². The first-order valence-electron chi connectivity index (χ1n) is 8.13. The lowest BCUT2D eigenvalue weighted by atomic mass is 10.1. The van der Waals surface area contributed by atoms with Crippen LogP contribution in [0.15, 0.2) is 48.1 Å². The van der Waals surface area contributed by atoms with Crippen LogP contribution in [0.4, 0.5) is 0 Å². The number of aryl methyl sites for hydroxylation is 1. The summed E-state index contributed by atoms with van der Waals surface area (Å²) in [6, 6.07) is 10.5. The van der Waals surface area contributed by atoms with Gasteiger partial charge in [0.2, 0.25) is 0 Å². The van der Waals surface area contributed by atoms with E-state index in [-0.39, 0.29) is 6.10 Å². The molecule has 0 saturated carbocycles. The molecule has 1 aromatic carbocycles. The van der Waals surface area contributed by atoms with Gasteiger partial charge >= 0.3 is 0 Å². The van der Waals surface area contributed by atoms with Gasteiger partial charge < -0.3 is 4.74 Å². The molecular weight excluding hydrogens is 320 g/mol. The Hall–Kier alpha value is -2.02. The highest BCUT2D eigenvalue weighted by atomic mass is 32.1. The fraction of sp³-hybridized carbons (Fsp3) is 0.333. The van der Waals surface area contributed by atoms with Crippen LogP contribution in [0.5, 0.6) is 0 Å². The Morgan fingerprint density at radius 1 is 1.29 bits per heavy atom. The minimum atomic E-state index is 0.0980. The van der Waals surface area contributed by atoms with E-state index in [1.54, 1.807) is 17.5 Å². The van der Waals surface area contributed by atoms with Gasteiger partial charge in [0.25, 0.3) is 0 Å². The third kappa shape index (κ3) is 3.40. The molecule has 24 heavy (non-hydrogen) atoms. The molecule has 5 nitrogen and oxygen atoms in total. The fourth-order valence-electron chi connectivity index (χ4n) is 2.95. The van der Waals surface area contributed by atoms with Crippen LogP contribution in [0.3, 0.4) is 0 Å². The van der Waals surface area contributed by atoms with Gasteiger partial charge in [0.05, 0.1) is 12.3 Å². The van der Waals surface area contributed by atoms with Crippen molar-refractivity contribution < 1.29 is 4.74 Å². The minimum Gasteiger partial charge on any atom is -0.368 e. The quantitative estimate of drug-likeness (QED) is 0.731. The van der Waals surface area contributed by atoms with Crippen LogP contribution in [0, 0.1) is 6.92 Å². The topological polar surface area (TPSA) is 43.2 Å². The van der Waals surface area contributed by atoms with Gasteiger partial charge in [0, 0.05) is 43.1 Å². The molecule has 0 unspecified atom stereocenters. The zero-order chi connectivity index (χ0) is 16.4. The van der Waals surface area contributed by atoms with Crippen molar-refractivity contribution in [2.24, 2.45) is 0 Å². The first-order chi connectivity index (χ1) is 11.8. The van der Waals surface area contributed by atoms with Crippen molar-refractivity contribution in [1.82, 2.24) is 19.7 Å². The van der Waals surface area contributed by atoms with Crippen LogP contribution in [-0.4, -0.2) is 39.4 Å². The number of benzene rings is 1. The first kappa shape index (κ1) is 15.5. The van der Waals surface area contributed by atoms with E-state index in [0.29, 0.717) is 0 Å². The molecule has 6 heteroatoms. The molecule has 124 valence electrons. The Balaban J connectivity index is 1.41. The molecule has 1 saturated heterocycles. The molecule has 4 rings (SSSR count). The SMILES string of the molecule is Cc1csc([C@H]2CN(Cc3ccc(-n4cccn4)cc3)CCO2)n1. The lowest BCUT2D eigenvalue weighted by Crippen LogP contribution is -2.37. The number of thiazole rings is 1. The number of hydrogen-bond acceptors (Lipinski definition) is 5. The van der Waals surface area contributed by atoms with E-state index in [0.717, 1.165) is 42.6 Å². The van der Waals surface area contributed by atoms with Crippen LogP contribution in [0.25, 0.3) is 5.69 Å². The molecule has 0 bridgehead atoms. The average Bonchev–Trinajstić information content (AvgIpc) is 3.28. The zero-order valence-electron chi connectivity index (χ0n) is 13.6. The van der Waals surface area contributed by atoms with Gasteiger partial charge in [-0.25, -0.2) is 9.67 Å². The van der Waals surface area contributed by atoms with Crippen molar-refractivity contribution in [3.05, 3.63) is 64.4 Å². The van der Waals surface area contributed by atoms with Crippen molar-refractivity contribution in [3.63, 3.8) is 0 Å². The van der Waals surface area contributed by atoms with Gasteiger partial charge in [-0.1, -0.05) is 12.1 Å². The van der Waals surface area contributed by atoms with Crippen molar-refractivity contribution >= 4 is 11.3 Å².